The molecule has 0 heterocycles. The molecule has 1 aromatic rings. The van der Waals surface area contributed by atoms with Crippen molar-refractivity contribution in [2.45, 2.75) is 4.90 Å². The summed E-state index contributed by atoms with van der Waals surface area (Å²) in [6, 6.07) is 7.43. The van der Waals surface area contributed by atoms with Crippen molar-refractivity contribution in [3.8, 4) is 0 Å². The van der Waals surface area contributed by atoms with Gasteiger partial charge < -0.3 is 0 Å². The van der Waals surface area contributed by atoms with E-state index >= 15 is 0 Å². The van der Waals surface area contributed by atoms with Gasteiger partial charge >= 0.3 is 0 Å². The van der Waals surface area contributed by atoms with Crippen LogP contribution in [-0.2, 0) is 9.73 Å². The van der Waals surface area contributed by atoms with Gasteiger partial charge in [-0.3, -0.25) is 0 Å². The van der Waals surface area contributed by atoms with Crippen molar-refractivity contribution in [3.05, 3.63) is 28.7 Å². The summed E-state index contributed by atoms with van der Waals surface area (Å²) in [6.07, 6.45) is 1.63. The van der Waals surface area contributed by atoms with Crippen LogP contribution in [0, 0.1) is 0 Å². The zero-order valence-electron chi connectivity index (χ0n) is 6.95. The molecular weight excluding hydrogens is 238 g/mol. The van der Waals surface area contributed by atoms with Crippen LogP contribution in [0.1, 0.15) is 0 Å². The topological polar surface area (TPSA) is 29.4 Å². The van der Waals surface area contributed by atoms with Crippen LogP contribution in [0.3, 0.4) is 0 Å². The molecule has 0 aliphatic heterocycles. The van der Waals surface area contributed by atoms with Crippen molar-refractivity contribution in [1.29, 1.82) is 0 Å². The molecular formula is C8H10BrNOS. The van der Waals surface area contributed by atoms with E-state index in [4.69, 9.17) is 0 Å². The van der Waals surface area contributed by atoms with E-state index in [0.29, 0.717) is 0 Å². The molecule has 0 N–H and O–H groups in total. The van der Waals surface area contributed by atoms with Gasteiger partial charge in [-0.25, -0.2) is 8.57 Å². The summed E-state index contributed by atoms with van der Waals surface area (Å²) in [6.45, 7) is 0. The Morgan fingerprint density at radius 2 is 2.00 bits per heavy atom. The maximum atomic E-state index is 11.8. The monoisotopic (exact) mass is 247 g/mol. The SMILES string of the molecule is CN=[S@](C)(=O)c1ccccc1Br. The predicted molar refractivity (Wildman–Crippen MR) is 54.8 cm³/mol. The van der Waals surface area contributed by atoms with Crippen molar-refractivity contribution in [3.63, 3.8) is 0 Å². The van der Waals surface area contributed by atoms with Gasteiger partial charge in [0, 0.05) is 17.8 Å². The second kappa shape index (κ2) is 3.58. The third-order valence-electron chi connectivity index (χ3n) is 1.59. The summed E-state index contributed by atoms with van der Waals surface area (Å²) in [7, 11) is -0.630. The first-order valence-corrected chi connectivity index (χ1v) is 6.14. The molecule has 0 radical (unpaired) electrons. The molecule has 1 atom stereocenters. The van der Waals surface area contributed by atoms with Gasteiger partial charge in [-0.05, 0) is 28.1 Å². The molecule has 0 aromatic heterocycles. The summed E-state index contributed by atoms with van der Waals surface area (Å²) >= 11 is 3.33. The minimum absolute atomic E-state index is 0.757. The zero-order chi connectivity index (χ0) is 9.19. The maximum absolute atomic E-state index is 11.8. The summed E-state index contributed by atoms with van der Waals surface area (Å²) in [5, 5.41) is 0. The highest BCUT2D eigenvalue weighted by atomic mass is 79.9. The third-order valence-corrected chi connectivity index (χ3v) is 4.42. The lowest BCUT2D eigenvalue weighted by molar-refractivity contribution is 0.680. The van der Waals surface area contributed by atoms with Crippen LogP contribution in [0.25, 0.3) is 0 Å². The zero-order valence-corrected chi connectivity index (χ0v) is 9.35. The maximum Gasteiger partial charge on any atom is 0.0731 e. The first-order chi connectivity index (χ1) is 5.58. The van der Waals surface area contributed by atoms with Crippen molar-refractivity contribution >= 4 is 25.7 Å². The van der Waals surface area contributed by atoms with Gasteiger partial charge in [0.05, 0.1) is 14.6 Å². The van der Waals surface area contributed by atoms with E-state index in [-0.39, 0.29) is 0 Å². The van der Waals surface area contributed by atoms with E-state index in [1.807, 2.05) is 24.3 Å². The minimum atomic E-state index is -2.20. The fourth-order valence-electron chi connectivity index (χ4n) is 0.850. The Morgan fingerprint density at radius 1 is 1.42 bits per heavy atom. The van der Waals surface area contributed by atoms with Crippen LogP contribution < -0.4 is 0 Å². The average Bonchev–Trinajstić information content (AvgIpc) is 2.05. The Bertz CT molecular complexity index is 394. The highest BCUT2D eigenvalue weighted by Gasteiger charge is 2.07. The predicted octanol–water partition coefficient (Wildman–Crippen LogP) is 2.54. The van der Waals surface area contributed by atoms with Gasteiger partial charge in [-0.15, -0.1) is 0 Å². The molecule has 0 amide bonds. The van der Waals surface area contributed by atoms with Gasteiger partial charge in [0.25, 0.3) is 0 Å². The minimum Gasteiger partial charge on any atom is -0.245 e. The van der Waals surface area contributed by atoms with Crippen LogP contribution in [0.4, 0.5) is 0 Å². The van der Waals surface area contributed by atoms with Gasteiger partial charge in [0.2, 0.25) is 0 Å². The molecule has 1 aromatic carbocycles. The number of hydrogen-bond acceptors (Lipinski definition) is 2. The summed E-state index contributed by atoms with van der Waals surface area (Å²) in [5.41, 5.74) is 0. The van der Waals surface area contributed by atoms with Crippen LogP contribution in [-0.4, -0.2) is 17.5 Å². The number of benzene rings is 1. The highest BCUT2D eigenvalue weighted by molar-refractivity contribution is 9.10. The fraction of sp³-hybridized carbons (Fsp3) is 0.250. The molecule has 0 unspecified atom stereocenters. The Labute approximate surface area is 81.3 Å². The van der Waals surface area contributed by atoms with E-state index in [1.165, 1.54) is 0 Å². The van der Waals surface area contributed by atoms with E-state index in [0.717, 1.165) is 9.37 Å². The Morgan fingerprint density at radius 3 is 2.50 bits per heavy atom. The lowest BCUT2D eigenvalue weighted by Gasteiger charge is -2.04. The van der Waals surface area contributed by atoms with Crippen LogP contribution >= 0.6 is 15.9 Å². The molecule has 12 heavy (non-hydrogen) atoms. The van der Waals surface area contributed by atoms with Gasteiger partial charge in [-0.1, -0.05) is 12.1 Å². The molecule has 66 valence electrons. The summed E-state index contributed by atoms with van der Waals surface area (Å²) in [4.78, 5) is 0.757. The smallest absolute Gasteiger partial charge is 0.0731 e. The lowest BCUT2D eigenvalue weighted by Crippen LogP contribution is -1.97. The molecule has 0 spiro atoms. The van der Waals surface area contributed by atoms with Gasteiger partial charge in [-0.2, -0.15) is 0 Å². The number of nitrogens with zero attached hydrogens (tertiary/aromatic N) is 1. The van der Waals surface area contributed by atoms with Crippen molar-refractivity contribution in [2.75, 3.05) is 13.3 Å². The normalized spacial score (nSPS) is 15.2. The molecule has 1 rings (SSSR count). The highest BCUT2D eigenvalue weighted by Crippen LogP contribution is 2.21. The molecule has 0 fully saturated rings. The largest absolute Gasteiger partial charge is 0.245 e. The van der Waals surface area contributed by atoms with Crippen LogP contribution in [0.5, 0.6) is 0 Å². The number of rotatable bonds is 1. The number of hydrogen-bond donors (Lipinski definition) is 0. The summed E-state index contributed by atoms with van der Waals surface area (Å²) < 4.78 is 16.5. The van der Waals surface area contributed by atoms with Crippen LogP contribution in [0.15, 0.2) is 38.0 Å². The standard InChI is InChI=1S/C8H10BrNOS/c1-10-12(2,11)8-6-4-3-5-7(8)9/h3-6H,1-2H3/t12-/m1/s1. The fourth-order valence-corrected chi connectivity index (χ4v) is 2.99. The Hall–Kier alpha value is -0.350. The van der Waals surface area contributed by atoms with E-state index in [2.05, 4.69) is 20.3 Å². The third kappa shape index (κ3) is 1.87. The summed E-state index contributed by atoms with van der Waals surface area (Å²) in [5.74, 6) is 0. The van der Waals surface area contributed by atoms with Crippen LogP contribution in [0.2, 0.25) is 0 Å². The first kappa shape index (κ1) is 9.74. The van der Waals surface area contributed by atoms with E-state index < -0.39 is 9.73 Å². The molecule has 2 nitrogen and oxygen atoms in total. The quantitative estimate of drug-likeness (QED) is 0.750. The van der Waals surface area contributed by atoms with Gasteiger partial charge in [0.15, 0.2) is 0 Å². The second-order valence-electron chi connectivity index (χ2n) is 2.42. The Balaban J connectivity index is 3.40. The molecule has 0 saturated heterocycles. The molecule has 0 bridgehead atoms. The average molecular weight is 248 g/mol. The molecule has 0 aliphatic rings. The van der Waals surface area contributed by atoms with Crippen molar-refractivity contribution in [1.82, 2.24) is 0 Å². The second-order valence-corrected chi connectivity index (χ2v) is 5.68. The molecule has 4 heteroatoms. The molecule has 0 saturated carbocycles. The lowest BCUT2D eigenvalue weighted by atomic mass is 10.4. The van der Waals surface area contributed by atoms with Crippen molar-refractivity contribution in [2.24, 2.45) is 4.36 Å². The van der Waals surface area contributed by atoms with Gasteiger partial charge in [0.1, 0.15) is 0 Å². The first-order valence-electron chi connectivity index (χ1n) is 3.43. The van der Waals surface area contributed by atoms with Crippen molar-refractivity contribution < 1.29 is 4.21 Å². The van der Waals surface area contributed by atoms with E-state index in [9.17, 15) is 4.21 Å². The molecule has 0 aliphatic carbocycles. The Kier molecular flexibility index (Phi) is 2.90. The van der Waals surface area contributed by atoms with E-state index in [1.54, 1.807) is 13.3 Å². The number of halogens is 1.